The summed E-state index contributed by atoms with van der Waals surface area (Å²) in [6, 6.07) is 40.1. The summed E-state index contributed by atoms with van der Waals surface area (Å²) in [4.78, 5) is 2.86. The molecule has 0 unspecified atom stereocenters. The molecule has 0 heterocycles. The van der Waals surface area contributed by atoms with Crippen molar-refractivity contribution < 1.29 is 13.2 Å². The molecule has 46 heavy (non-hydrogen) atoms. The van der Waals surface area contributed by atoms with E-state index in [0.29, 0.717) is 21.8 Å². The van der Waals surface area contributed by atoms with E-state index in [1.807, 2.05) is 0 Å². The van der Waals surface area contributed by atoms with E-state index in [1.54, 1.807) is 0 Å². The molecule has 0 aliphatic carbocycles. The Bertz CT molecular complexity index is 1710. The molecule has 0 nitrogen and oxygen atoms in total. The average molecular weight is 913 g/mol. The summed E-state index contributed by atoms with van der Waals surface area (Å²) >= 11 is 3.45. The molecule has 0 saturated heterocycles. The Morgan fingerprint density at radius 1 is 0.587 bits per heavy atom. The summed E-state index contributed by atoms with van der Waals surface area (Å²) in [5.41, 5.74) is 8.02. The predicted molar refractivity (Wildman–Crippen MR) is 221 cm³/mol. The van der Waals surface area contributed by atoms with Gasteiger partial charge < -0.3 is 0 Å². The van der Waals surface area contributed by atoms with Gasteiger partial charge in [0.1, 0.15) is 25.0 Å². The van der Waals surface area contributed by atoms with Gasteiger partial charge in [-0.3, -0.25) is 0 Å². The molecule has 0 aliphatic rings. The standard InChI is InChI=1S/2C18H18S.C2H6Si.2BrH.2ClH.Zr/c2*1-13-10-14-7-5-9-17(18(14)11-13)15-6-4-8-16(12-15)19(2)3;1-3-2;;;;;/h2*4-12H,1-3H3;1-2H3;4*1H;/q;;;;;;;+4/p-4. The number of fused-ring (bicyclic) bond motifs is 2. The molecule has 6 rings (SSSR count). The minimum absolute atomic E-state index is 0.308. The predicted octanol–water partition coefficient (Wildman–Crippen LogP) is 13.4. The van der Waals surface area contributed by atoms with Crippen molar-refractivity contribution in [2.24, 2.45) is 0 Å². The molecule has 242 valence electrons. The normalized spacial score (nSPS) is 11.1. The number of hydrogen-bond acceptors (Lipinski definition) is 0. The van der Waals surface area contributed by atoms with E-state index in [0.717, 1.165) is 9.52 Å². The van der Waals surface area contributed by atoms with E-state index < -0.39 is 13.2 Å². The third kappa shape index (κ3) is 12.4. The summed E-state index contributed by atoms with van der Waals surface area (Å²) in [6.07, 6.45) is 9.08. The maximum absolute atomic E-state index is 5.34. The van der Waals surface area contributed by atoms with Gasteiger partial charge in [0.05, 0.1) is 0 Å². The van der Waals surface area contributed by atoms with Gasteiger partial charge in [0, 0.05) is 43.4 Å². The van der Waals surface area contributed by atoms with Gasteiger partial charge in [0.15, 0.2) is 9.79 Å². The van der Waals surface area contributed by atoms with Crippen LogP contribution >= 0.6 is 41.5 Å². The SMILES string of the molecule is C[Si]C.Cc1cc2c(-c3cccc([S+](C)C)c3)cccc2[cH-]1.Cc1cc2c(-c3cccc([S+](C)C)c3)cccc2[cH-]1.[Cl][Zr]([Cl])([Br])[Br]. The quantitative estimate of drug-likeness (QED) is 0.0939. The summed E-state index contributed by atoms with van der Waals surface area (Å²) in [7, 11) is 12.4. The van der Waals surface area contributed by atoms with Crippen LogP contribution in [0.25, 0.3) is 43.8 Å². The van der Waals surface area contributed by atoms with Crippen LogP contribution in [0.15, 0.2) is 119 Å². The van der Waals surface area contributed by atoms with E-state index in [1.165, 1.54) is 64.7 Å². The molecule has 0 N–H and O–H groups in total. The first-order chi connectivity index (χ1) is 21.7. The third-order valence-corrected chi connectivity index (χ3v) is 9.42. The average Bonchev–Trinajstić information content (AvgIpc) is 3.57. The molecule has 0 saturated carbocycles. The summed E-state index contributed by atoms with van der Waals surface area (Å²) in [6.45, 7) is 8.63. The molecule has 0 amide bonds. The van der Waals surface area contributed by atoms with E-state index in [4.69, 9.17) is 17.0 Å². The Balaban J connectivity index is 0.000000204. The van der Waals surface area contributed by atoms with Gasteiger partial charge in [0.25, 0.3) is 0 Å². The van der Waals surface area contributed by atoms with Crippen molar-refractivity contribution in [3.63, 3.8) is 0 Å². The number of aryl methyl sites for hydroxylation is 2. The van der Waals surface area contributed by atoms with Crippen molar-refractivity contribution in [1.29, 1.82) is 0 Å². The second-order valence-electron chi connectivity index (χ2n) is 11.3. The van der Waals surface area contributed by atoms with Crippen LogP contribution in [0.4, 0.5) is 0 Å². The van der Waals surface area contributed by atoms with Crippen LogP contribution in [0.2, 0.25) is 13.1 Å². The topological polar surface area (TPSA) is 0 Å². The molecule has 6 aromatic rings. The van der Waals surface area contributed by atoms with Crippen molar-refractivity contribution in [2.45, 2.75) is 36.7 Å². The summed E-state index contributed by atoms with van der Waals surface area (Å²) < 4.78 is 0. The molecule has 0 fully saturated rings. The van der Waals surface area contributed by atoms with Gasteiger partial charge in [-0.1, -0.05) is 74.5 Å². The van der Waals surface area contributed by atoms with E-state index in [-0.39, 0.29) is 0 Å². The molecule has 0 aromatic heterocycles. The molecule has 0 bridgehead atoms. The van der Waals surface area contributed by atoms with E-state index in [2.05, 4.69) is 186 Å². The molecule has 6 aromatic carbocycles. The summed E-state index contributed by atoms with van der Waals surface area (Å²) in [5.74, 6) is 0. The van der Waals surface area contributed by atoms with Gasteiger partial charge in [-0.2, -0.15) is 12.1 Å². The van der Waals surface area contributed by atoms with Gasteiger partial charge in [-0.15, -0.1) is 69.1 Å². The van der Waals surface area contributed by atoms with Gasteiger partial charge in [-0.05, 0) is 23.3 Å². The Kier molecular flexibility index (Phi) is 16.5. The van der Waals surface area contributed by atoms with Crippen LogP contribution < -0.4 is 0 Å². The molecular weight excluding hydrogens is 871 g/mol. The van der Waals surface area contributed by atoms with Crippen LogP contribution in [0.5, 0.6) is 0 Å². The maximum atomic E-state index is 5.34. The minimum atomic E-state index is -2.61. The van der Waals surface area contributed by atoms with Crippen LogP contribution in [0.3, 0.4) is 0 Å². The monoisotopic (exact) mass is 908 g/mol. The molecule has 2 radical (unpaired) electrons. The van der Waals surface area contributed by atoms with Crippen LogP contribution in [-0.4, -0.2) is 34.5 Å². The number of benzene rings is 4. The zero-order chi connectivity index (χ0) is 34.0. The second-order valence-corrected chi connectivity index (χ2v) is 57.6. The molecular formula is C38H42Br2Cl2S2SiZr. The zero-order valence-electron chi connectivity index (χ0n) is 27.7. The fourth-order valence-corrected chi connectivity index (χ4v) is 6.53. The number of rotatable bonds is 4. The third-order valence-electron chi connectivity index (χ3n) is 7.02. The van der Waals surface area contributed by atoms with E-state index >= 15 is 0 Å². The Morgan fingerprint density at radius 2 is 0.913 bits per heavy atom. The van der Waals surface area contributed by atoms with Gasteiger partial charge in [0.2, 0.25) is 0 Å². The Hall–Kier alpha value is -0.560. The van der Waals surface area contributed by atoms with Crippen molar-refractivity contribution in [2.75, 3.05) is 25.0 Å². The van der Waals surface area contributed by atoms with E-state index in [9.17, 15) is 0 Å². The molecule has 0 aliphatic heterocycles. The molecule has 8 heteroatoms. The second kappa shape index (κ2) is 19.0. The first-order valence-electron chi connectivity index (χ1n) is 14.7. The van der Waals surface area contributed by atoms with Crippen LogP contribution in [0.1, 0.15) is 11.1 Å². The zero-order valence-corrected chi connectivity index (χ0v) is 37.5. The van der Waals surface area contributed by atoms with Crippen LogP contribution in [-0.2, 0) is 35.0 Å². The first kappa shape index (κ1) is 39.9. The van der Waals surface area contributed by atoms with Crippen molar-refractivity contribution in [3.05, 3.63) is 120 Å². The molecule has 0 atom stereocenters. The van der Waals surface area contributed by atoms with Crippen LogP contribution in [0, 0.1) is 13.8 Å². The molecule has 0 spiro atoms. The first-order valence-corrected chi connectivity index (χ1v) is 38.4. The Labute approximate surface area is 308 Å². The summed E-state index contributed by atoms with van der Waals surface area (Å²) in [5, 5.41) is 5.41. The van der Waals surface area contributed by atoms with Gasteiger partial charge >= 0.3 is 54.6 Å². The Morgan fingerprint density at radius 3 is 1.24 bits per heavy atom. The number of hydrogen-bond donors (Lipinski definition) is 0. The van der Waals surface area contributed by atoms with Crippen molar-refractivity contribution in [1.82, 2.24) is 0 Å². The fourth-order valence-electron chi connectivity index (χ4n) is 5.11. The van der Waals surface area contributed by atoms with Gasteiger partial charge in [-0.25, -0.2) is 0 Å². The van der Waals surface area contributed by atoms with Crippen molar-refractivity contribution >= 4 is 94.3 Å². The van der Waals surface area contributed by atoms with Crippen molar-refractivity contribution in [3.8, 4) is 22.3 Å². The number of halogens is 4. The fraction of sp³-hybridized carbons (Fsp3) is 0.211.